The third-order valence-corrected chi connectivity index (χ3v) is 3.40. The van der Waals surface area contributed by atoms with Gasteiger partial charge in [-0.1, -0.05) is 31.0 Å². The van der Waals surface area contributed by atoms with Crippen LogP contribution in [-0.2, 0) is 11.3 Å². The Hall–Kier alpha value is -1.33. The van der Waals surface area contributed by atoms with Crippen LogP contribution in [0.2, 0.25) is 5.02 Å². The van der Waals surface area contributed by atoms with E-state index in [1.807, 2.05) is 20.8 Å². The number of ether oxygens (including phenoxy) is 1. The number of carbonyl (C=O) groups excluding carboxylic acids is 1. The average Bonchev–Trinajstić information content (AvgIpc) is 2.43. The van der Waals surface area contributed by atoms with Crippen LogP contribution in [0.15, 0.2) is 18.2 Å². The van der Waals surface area contributed by atoms with Crippen LogP contribution in [0.4, 0.5) is 9.18 Å². The lowest BCUT2D eigenvalue weighted by Crippen LogP contribution is -2.42. The van der Waals surface area contributed by atoms with E-state index in [-0.39, 0.29) is 11.1 Å². The number of amides is 1. The predicted octanol–water partition coefficient (Wildman–Crippen LogP) is 4.26. The van der Waals surface area contributed by atoms with Crippen molar-refractivity contribution in [2.75, 3.05) is 6.54 Å². The van der Waals surface area contributed by atoms with Crippen LogP contribution >= 0.6 is 11.6 Å². The summed E-state index contributed by atoms with van der Waals surface area (Å²) in [4.78, 5) is 11.7. The largest absolute Gasteiger partial charge is 0.444 e. The maximum absolute atomic E-state index is 13.1. The normalized spacial score (nSPS) is 12.8. The van der Waals surface area contributed by atoms with Crippen LogP contribution in [-0.4, -0.2) is 24.3 Å². The molecule has 0 aliphatic carbocycles. The summed E-state index contributed by atoms with van der Waals surface area (Å²) in [5.41, 5.74) is 0.387. The van der Waals surface area contributed by atoms with Gasteiger partial charge in [-0.05, 0) is 44.9 Å². The van der Waals surface area contributed by atoms with Crippen molar-refractivity contribution in [2.24, 2.45) is 0 Å². The Labute approximate surface area is 142 Å². The molecule has 1 aromatic rings. The molecule has 1 atom stereocenters. The van der Waals surface area contributed by atoms with Gasteiger partial charge in [0.05, 0.1) is 5.02 Å². The molecule has 2 N–H and O–H groups in total. The first kappa shape index (κ1) is 19.7. The molecule has 0 aromatic heterocycles. The third-order valence-electron chi connectivity index (χ3n) is 3.11. The van der Waals surface area contributed by atoms with Crippen LogP contribution in [0.5, 0.6) is 0 Å². The Morgan fingerprint density at radius 3 is 2.65 bits per heavy atom. The number of rotatable bonds is 7. The average molecular weight is 345 g/mol. The highest BCUT2D eigenvalue weighted by Crippen LogP contribution is 2.16. The van der Waals surface area contributed by atoms with Gasteiger partial charge < -0.3 is 15.4 Å². The van der Waals surface area contributed by atoms with Crippen molar-refractivity contribution in [3.8, 4) is 0 Å². The Morgan fingerprint density at radius 1 is 1.39 bits per heavy atom. The maximum atomic E-state index is 13.1. The third kappa shape index (κ3) is 8.18. The van der Waals surface area contributed by atoms with E-state index in [1.165, 1.54) is 6.07 Å². The molecule has 6 heteroatoms. The van der Waals surface area contributed by atoms with Gasteiger partial charge in [0.25, 0.3) is 0 Å². The quantitative estimate of drug-likeness (QED) is 0.777. The summed E-state index contributed by atoms with van der Waals surface area (Å²) in [6.07, 6.45) is 1.47. The molecule has 1 rings (SSSR count). The van der Waals surface area contributed by atoms with Crippen molar-refractivity contribution in [1.29, 1.82) is 0 Å². The van der Waals surface area contributed by atoms with Gasteiger partial charge in [0.2, 0.25) is 0 Å². The molecule has 23 heavy (non-hydrogen) atoms. The number of carbonyl (C=O) groups is 1. The van der Waals surface area contributed by atoms with Gasteiger partial charge in [0, 0.05) is 19.1 Å². The molecule has 0 aliphatic rings. The zero-order chi connectivity index (χ0) is 17.5. The van der Waals surface area contributed by atoms with E-state index >= 15 is 0 Å². The molecular weight excluding hydrogens is 319 g/mol. The fourth-order valence-corrected chi connectivity index (χ4v) is 2.26. The van der Waals surface area contributed by atoms with Gasteiger partial charge in [-0.2, -0.15) is 0 Å². The summed E-state index contributed by atoms with van der Waals surface area (Å²) in [6.45, 7) is 8.58. The van der Waals surface area contributed by atoms with Crippen LogP contribution in [0.3, 0.4) is 0 Å². The van der Waals surface area contributed by atoms with E-state index in [4.69, 9.17) is 16.3 Å². The van der Waals surface area contributed by atoms with E-state index in [0.717, 1.165) is 18.4 Å². The number of benzene rings is 1. The number of nitrogens with one attached hydrogen (secondary N) is 2. The Bertz CT molecular complexity index is 518. The Balaban J connectivity index is 2.48. The minimum Gasteiger partial charge on any atom is -0.444 e. The van der Waals surface area contributed by atoms with E-state index in [2.05, 4.69) is 17.6 Å². The number of halogens is 2. The molecule has 0 radical (unpaired) electrons. The fourth-order valence-electron chi connectivity index (χ4n) is 2.06. The molecule has 0 saturated carbocycles. The Kier molecular flexibility index (Phi) is 7.79. The first-order valence-electron chi connectivity index (χ1n) is 7.85. The summed E-state index contributed by atoms with van der Waals surface area (Å²) in [7, 11) is 0. The molecule has 0 aliphatic heterocycles. The van der Waals surface area contributed by atoms with Crippen molar-refractivity contribution in [1.82, 2.24) is 10.6 Å². The molecule has 0 bridgehead atoms. The van der Waals surface area contributed by atoms with E-state index < -0.39 is 17.5 Å². The first-order valence-corrected chi connectivity index (χ1v) is 8.23. The lowest BCUT2D eigenvalue weighted by Gasteiger charge is -2.22. The SMILES string of the molecule is CCCC(CNC(=O)OC(C)(C)C)NCc1ccc(F)c(Cl)c1. The van der Waals surface area contributed by atoms with Crippen molar-refractivity contribution in [3.05, 3.63) is 34.6 Å². The number of hydrogen-bond donors (Lipinski definition) is 2. The molecule has 0 saturated heterocycles. The van der Waals surface area contributed by atoms with E-state index in [0.29, 0.717) is 13.1 Å². The van der Waals surface area contributed by atoms with Crippen molar-refractivity contribution >= 4 is 17.7 Å². The molecule has 1 amide bonds. The second-order valence-corrected chi connectivity index (χ2v) is 6.90. The van der Waals surface area contributed by atoms with Gasteiger partial charge in [-0.15, -0.1) is 0 Å². The summed E-state index contributed by atoms with van der Waals surface area (Å²) >= 11 is 5.78. The van der Waals surface area contributed by atoms with Crippen molar-refractivity contribution in [2.45, 2.75) is 58.7 Å². The molecule has 1 aromatic carbocycles. The molecule has 130 valence electrons. The second-order valence-electron chi connectivity index (χ2n) is 6.50. The smallest absolute Gasteiger partial charge is 0.407 e. The van der Waals surface area contributed by atoms with Crippen molar-refractivity contribution in [3.63, 3.8) is 0 Å². The highest BCUT2D eigenvalue weighted by Gasteiger charge is 2.17. The first-order chi connectivity index (χ1) is 10.7. The minimum atomic E-state index is -0.511. The van der Waals surface area contributed by atoms with Gasteiger partial charge >= 0.3 is 6.09 Å². The minimum absolute atomic E-state index is 0.108. The van der Waals surface area contributed by atoms with Crippen LogP contribution < -0.4 is 10.6 Å². The number of hydrogen-bond acceptors (Lipinski definition) is 3. The molecular formula is C17H26ClFN2O2. The van der Waals surface area contributed by atoms with Crippen LogP contribution in [0.25, 0.3) is 0 Å². The van der Waals surface area contributed by atoms with E-state index in [9.17, 15) is 9.18 Å². The molecule has 4 nitrogen and oxygen atoms in total. The molecule has 1 unspecified atom stereocenters. The highest BCUT2D eigenvalue weighted by molar-refractivity contribution is 6.30. The standard InChI is InChI=1S/C17H26ClFN2O2/c1-5-6-13(11-21-16(22)23-17(2,3)4)20-10-12-7-8-15(19)14(18)9-12/h7-9,13,20H,5-6,10-11H2,1-4H3,(H,21,22). The van der Waals surface area contributed by atoms with Crippen LogP contribution in [0, 0.1) is 5.82 Å². The Morgan fingerprint density at radius 2 is 2.09 bits per heavy atom. The zero-order valence-electron chi connectivity index (χ0n) is 14.2. The van der Waals surface area contributed by atoms with Gasteiger partial charge in [-0.25, -0.2) is 9.18 Å². The van der Waals surface area contributed by atoms with Gasteiger partial charge in [0.1, 0.15) is 11.4 Å². The summed E-state index contributed by atoms with van der Waals surface area (Å²) in [6, 6.07) is 4.76. The van der Waals surface area contributed by atoms with Gasteiger partial charge in [0.15, 0.2) is 0 Å². The second kappa shape index (κ2) is 9.08. The predicted molar refractivity (Wildman–Crippen MR) is 91.2 cm³/mol. The highest BCUT2D eigenvalue weighted by atomic mass is 35.5. The monoisotopic (exact) mass is 344 g/mol. The molecule has 0 heterocycles. The molecule has 0 spiro atoms. The zero-order valence-corrected chi connectivity index (χ0v) is 15.0. The van der Waals surface area contributed by atoms with E-state index in [1.54, 1.807) is 12.1 Å². The fraction of sp³-hybridized carbons (Fsp3) is 0.588. The maximum Gasteiger partial charge on any atom is 0.407 e. The summed E-state index contributed by atoms with van der Waals surface area (Å²) < 4.78 is 18.4. The lowest BCUT2D eigenvalue weighted by molar-refractivity contribution is 0.0521. The van der Waals surface area contributed by atoms with Crippen molar-refractivity contribution < 1.29 is 13.9 Å². The molecule has 0 fully saturated rings. The summed E-state index contributed by atoms with van der Waals surface area (Å²) in [5, 5.41) is 6.24. The summed E-state index contributed by atoms with van der Waals surface area (Å²) in [5.74, 6) is -0.424. The lowest BCUT2D eigenvalue weighted by atomic mass is 10.1. The van der Waals surface area contributed by atoms with Crippen LogP contribution in [0.1, 0.15) is 46.1 Å². The topological polar surface area (TPSA) is 50.4 Å². The van der Waals surface area contributed by atoms with Gasteiger partial charge in [-0.3, -0.25) is 0 Å². The number of alkyl carbamates (subject to hydrolysis) is 1.